The fraction of sp³-hybridized carbons (Fsp3) is 0.333. The maximum Gasteiger partial charge on any atom is 0.123 e. The van der Waals surface area contributed by atoms with Crippen molar-refractivity contribution < 1.29 is 14.2 Å². The Hall–Kier alpha value is -1.91. The van der Waals surface area contributed by atoms with Gasteiger partial charge in [0.25, 0.3) is 0 Å². The molecular weight excluding hydrogens is 281 g/mol. The largest absolute Gasteiger partial charge is 0.488 e. The second-order valence-corrected chi connectivity index (χ2v) is 5.60. The van der Waals surface area contributed by atoms with Gasteiger partial charge in [0, 0.05) is 6.54 Å². The average Bonchev–Trinajstić information content (AvgIpc) is 2.56. The normalized spacial score (nSPS) is 18.4. The summed E-state index contributed by atoms with van der Waals surface area (Å²) in [6, 6.07) is 14.5. The summed E-state index contributed by atoms with van der Waals surface area (Å²) < 4.78 is 19.2. The van der Waals surface area contributed by atoms with Crippen molar-refractivity contribution in [3.63, 3.8) is 0 Å². The molecule has 2 aromatic carbocycles. The Bertz CT molecular complexity index is 618. The Morgan fingerprint density at radius 3 is 2.82 bits per heavy atom. The zero-order valence-electron chi connectivity index (χ0n) is 12.3. The number of ether oxygens (including phenoxy) is 1. The number of hydrogen-bond donors (Lipinski definition) is 2. The van der Waals surface area contributed by atoms with E-state index in [4.69, 9.17) is 4.74 Å². The standard InChI is InChI=1S/C18H20FNO2/c19-15-7-9-17-14(10-15)6-8-18(22-17)16(12-21)20-11-13-4-2-1-3-5-13/h1-5,7,9-10,16,18,20-21H,6,8,11-12H2. The van der Waals surface area contributed by atoms with Crippen LogP contribution in [-0.4, -0.2) is 23.9 Å². The monoisotopic (exact) mass is 301 g/mol. The molecule has 116 valence electrons. The molecule has 4 heteroatoms. The first kappa shape index (κ1) is 15.0. The van der Waals surface area contributed by atoms with Gasteiger partial charge in [0.1, 0.15) is 17.7 Å². The Labute approximate surface area is 129 Å². The van der Waals surface area contributed by atoms with Crippen LogP contribution in [0.5, 0.6) is 5.75 Å². The number of nitrogens with one attached hydrogen (secondary N) is 1. The average molecular weight is 301 g/mol. The molecule has 1 aliphatic rings. The van der Waals surface area contributed by atoms with Crippen LogP contribution in [0.2, 0.25) is 0 Å². The summed E-state index contributed by atoms with van der Waals surface area (Å²) >= 11 is 0. The lowest BCUT2D eigenvalue weighted by molar-refractivity contribution is 0.0914. The van der Waals surface area contributed by atoms with E-state index in [1.165, 1.54) is 17.7 Å². The molecule has 1 aliphatic heterocycles. The van der Waals surface area contributed by atoms with Crippen molar-refractivity contribution >= 4 is 0 Å². The van der Waals surface area contributed by atoms with Crippen LogP contribution in [-0.2, 0) is 13.0 Å². The molecule has 2 atom stereocenters. The molecule has 0 aromatic heterocycles. The number of hydrogen-bond acceptors (Lipinski definition) is 3. The third-order valence-electron chi connectivity index (χ3n) is 4.06. The van der Waals surface area contributed by atoms with Crippen molar-refractivity contribution in [1.29, 1.82) is 0 Å². The van der Waals surface area contributed by atoms with E-state index in [9.17, 15) is 9.50 Å². The molecule has 2 aromatic rings. The molecule has 0 aliphatic carbocycles. The zero-order chi connectivity index (χ0) is 15.4. The maximum absolute atomic E-state index is 13.2. The molecule has 1 heterocycles. The van der Waals surface area contributed by atoms with Crippen molar-refractivity contribution in [2.75, 3.05) is 6.61 Å². The van der Waals surface area contributed by atoms with E-state index in [1.807, 2.05) is 30.3 Å². The van der Waals surface area contributed by atoms with Gasteiger partial charge in [-0.3, -0.25) is 0 Å². The van der Waals surface area contributed by atoms with E-state index in [2.05, 4.69) is 5.32 Å². The highest BCUT2D eigenvalue weighted by atomic mass is 19.1. The molecule has 2 unspecified atom stereocenters. The van der Waals surface area contributed by atoms with Gasteiger partial charge < -0.3 is 15.2 Å². The molecular formula is C18H20FNO2. The minimum atomic E-state index is -0.235. The van der Waals surface area contributed by atoms with Crippen LogP contribution in [0, 0.1) is 5.82 Å². The molecule has 22 heavy (non-hydrogen) atoms. The van der Waals surface area contributed by atoms with Crippen molar-refractivity contribution in [3.05, 3.63) is 65.5 Å². The molecule has 2 N–H and O–H groups in total. The van der Waals surface area contributed by atoms with E-state index in [0.717, 1.165) is 24.2 Å². The Morgan fingerprint density at radius 1 is 1.23 bits per heavy atom. The predicted molar refractivity (Wildman–Crippen MR) is 83.3 cm³/mol. The second kappa shape index (κ2) is 6.90. The Balaban J connectivity index is 1.63. The smallest absolute Gasteiger partial charge is 0.123 e. The van der Waals surface area contributed by atoms with Gasteiger partial charge in [-0.1, -0.05) is 30.3 Å². The minimum absolute atomic E-state index is 0.00796. The van der Waals surface area contributed by atoms with E-state index in [1.54, 1.807) is 6.07 Å². The molecule has 0 spiro atoms. The lowest BCUT2D eigenvalue weighted by Crippen LogP contribution is -2.46. The topological polar surface area (TPSA) is 41.5 Å². The van der Waals surface area contributed by atoms with E-state index >= 15 is 0 Å². The Morgan fingerprint density at radius 2 is 2.05 bits per heavy atom. The Kier molecular flexibility index (Phi) is 4.71. The van der Waals surface area contributed by atoms with Crippen LogP contribution in [0.15, 0.2) is 48.5 Å². The fourth-order valence-electron chi connectivity index (χ4n) is 2.82. The molecule has 0 amide bonds. The van der Waals surface area contributed by atoms with Gasteiger partial charge >= 0.3 is 0 Å². The van der Waals surface area contributed by atoms with Crippen LogP contribution in [0.1, 0.15) is 17.5 Å². The maximum atomic E-state index is 13.2. The number of aryl methyl sites for hydroxylation is 1. The van der Waals surface area contributed by atoms with Crippen LogP contribution in [0.25, 0.3) is 0 Å². The quantitative estimate of drug-likeness (QED) is 0.892. The van der Waals surface area contributed by atoms with Gasteiger partial charge in [0.2, 0.25) is 0 Å². The predicted octanol–water partition coefficient (Wildman–Crippen LogP) is 2.67. The number of halogens is 1. The summed E-state index contributed by atoms with van der Waals surface area (Å²) in [6.07, 6.45) is 1.43. The molecule has 0 saturated heterocycles. The first-order chi connectivity index (χ1) is 10.8. The number of rotatable bonds is 5. The molecule has 0 saturated carbocycles. The number of aliphatic hydroxyl groups excluding tert-OH is 1. The SMILES string of the molecule is OCC(NCc1ccccc1)C1CCc2cc(F)ccc2O1. The van der Waals surface area contributed by atoms with E-state index < -0.39 is 0 Å². The summed E-state index contributed by atoms with van der Waals surface area (Å²) in [4.78, 5) is 0. The molecule has 0 fully saturated rings. The third-order valence-corrected chi connectivity index (χ3v) is 4.06. The second-order valence-electron chi connectivity index (χ2n) is 5.60. The van der Waals surface area contributed by atoms with Gasteiger partial charge in [-0.15, -0.1) is 0 Å². The fourth-order valence-corrected chi connectivity index (χ4v) is 2.82. The van der Waals surface area contributed by atoms with Crippen LogP contribution in [0.3, 0.4) is 0 Å². The van der Waals surface area contributed by atoms with Crippen LogP contribution >= 0.6 is 0 Å². The van der Waals surface area contributed by atoms with Crippen molar-refractivity contribution in [2.45, 2.75) is 31.5 Å². The highest BCUT2D eigenvalue weighted by Crippen LogP contribution is 2.29. The summed E-state index contributed by atoms with van der Waals surface area (Å²) in [6.45, 7) is 0.691. The van der Waals surface area contributed by atoms with Gasteiger partial charge in [0.15, 0.2) is 0 Å². The zero-order valence-corrected chi connectivity index (χ0v) is 12.3. The van der Waals surface area contributed by atoms with Gasteiger partial charge in [0.05, 0.1) is 12.6 Å². The lowest BCUT2D eigenvalue weighted by atomic mass is 9.97. The van der Waals surface area contributed by atoms with E-state index in [0.29, 0.717) is 6.54 Å². The van der Waals surface area contributed by atoms with Gasteiger partial charge in [-0.25, -0.2) is 4.39 Å². The first-order valence-corrected chi connectivity index (χ1v) is 7.59. The molecule has 0 radical (unpaired) electrons. The highest BCUT2D eigenvalue weighted by molar-refractivity contribution is 5.36. The lowest BCUT2D eigenvalue weighted by Gasteiger charge is -2.32. The summed E-state index contributed by atoms with van der Waals surface area (Å²) in [5, 5.41) is 13.0. The van der Waals surface area contributed by atoms with Crippen molar-refractivity contribution in [3.8, 4) is 5.75 Å². The summed E-state index contributed by atoms with van der Waals surface area (Å²) in [7, 11) is 0. The van der Waals surface area contributed by atoms with Gasteiger partial charge in [-0.2, -0.15) is 0 Å². The minimum Gasteiger partial charge on any atom is -0.488 e. The summed E-state index contributed by atoms with van der Waals surface area (Å²) in [5.74, 6) is 0.485. The van der Waals surface area contributed by atoms with Crippen LogP contribution < -0.4 is 10.1 Å². The number of fused-ring (bicyclic) bond motifs is 1. The first-order valence-electron chi connectivity index (χ1n) is 7.59. The number of aliphatic hydroxyl groups is 1. The third kappa shape index (κ3) is 3.46. The number of benzene rings is 2. The molecule has 3 nitrogen and oxygen atoms in total. The van der Waals surface area contributed by atoms with Crippen molar-refractivity contribution in [2.24, 2.45) is 0 Å². The van der Waals surface area contributed by atoms with Crippen molar-refractivity contribution in [1.82, 2.24) is 5.32 Å². The molecule has 0 bridgehead atoms. The van der Waals surface area contributed by atoms with Gasteiger partial charge in [-0.05, 0) is 42.2 Å². The van der Waals surface area contributed by atoms with E-state index in [-0.39, 0.29) is 24.6 Å². The van der Waals surface area contributed by atoms with Crippen LogP contribution in [0.4, 0.5) is 4.39 Å². The summed E-state index contributed by atoms with van der Waals surface area (Å²) in [5.41, 5.74) is 2.07. The molecule has 3 rings (SSSR count). The highest BCUT2D eigenvalue weighted by Gasteiger charge is 2.27.